The van der Waals surface area contributed by atoms with Crippen molar-refractivity contribution >= 4 is 22.7 Å². The molecule has 0 saturated carbocycles. The van der Waals surface area contributed by atoms with Crippen molar-refractivity contribution in [3.63, 3.8) is 0 Å². The minimum Gasteiger partial charge on any atom is -0.295 e. The van der Waals surface area contributed by atoms with E-state index in [1.807, 2.05) is 0 Å². The molecule has 80 valence electrons. The van der Waals surface area contributed by atoms with Crippen LogP contribution in [0.4, 0.5) is 0 Å². The highest BCUT2D eigenvalue weighted by atomic mass is 32.2. The van der Waals surface area contributed by atoms with Crippen LogP contribution < -0.4 is 0 Å². The fourth-order valence-corrected chi connectivity index (χ4v) is 1.76. The fourth-order valence-electron chi connectivity index (χ4n) is 1.07. The van der Waals surface area contributed by atoms with Crippen molar-refractivity contribution in [2.45, 2.75) is 33.1 Å². The van der Waals surface area contributed by atoms with Gasteiger partial charge in [-0.1, -0.05) is 25.3 Å². The molecule has 3 heteroatoms. The topological polar surface area (TPSA) is 34.1 Å². The van der Waals surface area contributed by atoms with Gasteiger partial charge < -0.3 is 0 Å². The lowest BCUT2D eigenvalue weighted by Gasteiger charge is -2.08. The molecule has 0 aliphatic rings. The van der Waals surface area contributed by atoms with Gasteiger partial charge in [0.1, 0.15) is 0 Å². The van der Waals surface area contributed by atoms with Crippen LogP contribution in [0, 0.1) is 5.92 Å². The number of allylic oxidation sites excluding steroid dienone is 1. The molecular formula is C11H18O2S. The summed E-state index contributed by atoms with van der Waals surface area (Å²) >= 11 is 1.36. The van der Waals surface area contributed by atoms with E-state index in [9.17, 15) is 9.59 Å². The predicted octanol–water partition coefficient (Wildman–Crippen LogP) is 2.83. The second kappa shape index (κ2) is 7.80. The smallest absolute Gasteiger partial charge is 0.185 e. The molecule has 0 aromatic heterocycles. The number of hydrogen-bond acceptors (Lipinski definition) is 3. The van der Waals surface area contributed by atoms with Crippen LogP contribution in [0.3, 0.4) is 0 Å². The molecule has 0 saturated heterocycles. The van der Waals surface area contributed by atoms with Crippen molar-refractivity contribution in [2.24, 2.45) is 5.92 Å². The summed E-state index contributed by atoms with van der Waals surface area (Å²) in [7, 11) is 0. The van der Waals surface area contributed by atoms with Crippen molar-refractivity contribution in [3.8, 4) is 0 Å². The summed E-state index contributed by atoms with van der Waals surface area (Å²) in [6.45, 7) is 7.11. The number of carbonyl (C=O) groups is 2. The maximum Gasteiger partial charge on any atom is 0.185 e. The minimum absolute atomic E-state index is 0.108. The lowest BCUT2D eigenvalue weighted by Crippen LogP contribution is -2.02. The molecule has 0 aromatic carbocycles. The lowest BCUT2D eigenvalue weighted by molar-refractivity contribution is -0.114. The third-order valence-corrected chi connectivity index (χ3v) is 3.06. The normalized spacial score (nSPS) is 12.1. The van der Waals surface area contributed by atoms with Crippen LogP contribution in [-0.2, 0) is 9.59 Å². The third kappa shape index (κ3) is 8.05. The molecule has 0 fully saturated rings. The van der Waals surface area contributed by atoms with Gasteiger partial charge in [0, 0.05) is 19.1 Å². The summed E-state index contributed by atoms with van der Waals surface area (Å²) in [6, 6.07) is 0. The SMILES string of the molecule is C=CC(=O)CCCC(C)CSC(C)=O. The van der Waals surface area contributed by atoms with E-state index < -0.39 is 0 Å². The number of thioether (sulfide) groups is 1. The summed E-state index contributed by atoms with van der Waals surface area (Å²) in [5, 5.41) is 0.166. The van der Waals surface area contributed by atoms with Gasteiger partial charge in [-0.25, -0.2) is 0 Å². The van der Waals surface area contributed by atoms with Crippen molar-refractivity contribution in [1.29, 1.82) is 0 Å². The number of rotatable bonds is 7. The average molecular weight is 214 g/mol. The van der Waals surface area contributed by atoms with Gasteiger partial charge in [0.15, 0.2) is 10.9 Å². The van der Waals surface area contributed by atoms with E-state index in [1.54, 1.807) is 6.92 Å². The zero-order valence-corrected chi connectivity index (χ0v) is 9.73. The molecule has 0 rings (SSSR count). The van der Waals surface area contributed by atoms with Gasteiger partial charge in [0.2, 0.25) is 0 Å². The molecule has 1 atom stereocenters. The summed E-state index contributed by atoms with van der Waals surface area (Å²) in [5.74, 6) is 1.47. The van der Waals surface area contributed by atoms with E-state index in [2.05, 4.69) is 13.5 Å². The first-order chi connectivity index (χ1) is 6.56. The molecule has 2 nitrogen and oxygen atoms in total. The van der Waals surface area contributed by atoms with Gasteiger partial charge in [-0.05, 0) is 24.8 Å². The molecule has 0 heterocycles. The molecule has 0 aliphatic heterocycles. The van der Waals surface area contributed by atoms with Crippen LogP contribution in [0.5, 0.6) is 0 Å². The maximum atomic E-state index is 10.9. The zero-order chi connectivity index (χ0) is 11.0. The van der Waals surface area contributed by atoms with Gasteiger partial charge in [-0.15, -0.1) is 0 Å². The Morgan fingerprint density at radius 2 is 2.14 bits per heavy atom. The highest BCUT2D eigenvalue weighted by molar-refractivity contribution is 8.13. The largest absolute Gasteiger partial charge is 0.295 e. The first-order valence-electron chi connectivity index (χ1n) is 4.85. The third-order valence-electron chi connectivity index (χ3n) is 1.92. The summed E-state index contributed by atoms with van der Waals surface area (Å²) in [6.07, 6.45) is 3.85. The van der Waals surface area contributed by atoms with E-state index in [-0.39, 0.29) is 10.9 Å². The quantitative estimate of drug-likeness (QED) is 0.611. The maximum absolute atomic E-state index is 10.9. The van der Waals surface area contributed by atoms with E-state index >= 15 is 0 Å². The number of carbonyl (C=O) groups excluding carboxylic acids is 2. The Morgan fingerprint density at radius 3 is 2.64 bits per heavy atom. The van der Waals surface area contributed by atoms with Gasteiger partial charge in [-0.2, -0.15) is 0 Å². The minimum atomic E-state index is 0.108. The summed E-state index contributed by atoms with van der Waals surface area (Å²) < 4.78 is 0. The lowest BCUT2D eigenvalue weighted by atomic mass is 10.0. The molecule has 0 radical (unpaired) electrons. The molecule has 14 heavy (non-hydrogen) atoms. The number of hydrogen-bond donors (Lipinski definition) is 0. The van der Waals surface area contributed by atoms with E-state index in [0.29, 0.717) is 12.3 Å². The van der Waals surface area contributed by atoms with E-state index in [1.165, 1.54) is 17.8 Å². The molecule has 0 bridgehead atoms. The van der Waals surface area contributed by atoms with Crippen molar-refractivity contribution < 1.29 is 9.59 Å². The average Bonchev–Trinajstić information content (AvgIpc) is 2.14. The van der Waals surface area contributed by atoms with Crippen molar-refractivity contribution in [3.05, 3.63) is 12.7 Å². The number of ketones is 1. The van der Waals surface area contributed by atoms with Crippen LogP contribution in [0.2, 0.25) is 0 Å². The molecule has 0 spiro atoms. The summed E-state index contributed by atoms with van der Waals surface area (Å²) in [4.78, 5) is 21.6. The van der Waals surface area contributed by atoms with Crippen molar-refractivity contribution in [1.82, 2.24) is 0 Å². The molecule has 0 amide bonds. The zero-order valence-electron chi connectivity index (χ0n) is 8.91. The molecular weight excluding hydrogens is 196 g/mol. The van der Waals surface area contributed by atoms with Gasteiger partial charge in [0.25, 0.3) is 0 Å². The Kier molecular flexibility index (Phi) is 7.48. The van der Waals surface area contributed by atoms with Crippen LogP contribution in [0.25, 0.3) is 0 Å². The monoisotopic (exact) mass is 214 g/mol. The molecule has 1 unspecified atom stereocenters. The Bertz CT molecular complexity index is 211. The first-order valence-corrected chi connectivity index (χ1v) is 5.83. The van der Waals surface area contributed by atoms with Gasteiger partial charge >= 0.3 is 0 Å². The Balaban J connectivity index is 3.44. The van der Waals surface area contributed by atoms with Gasteiger partial charge in [-0.3, -0.25) is 9.59 Å². The van der Waals surface area contributed by atoms with Crippen LogP contribution in [-0.4, -0.2) is 16.7 Å². The van der Waals surface area contributed by atoms with E-state index in [4.69, 9.17) is 0 Å². The standard InChI is InChI=1S/C11H18O2S/c1-4-11(13)7-5-6-9(2)8-14-10(3)12/h4,9H,1,5-8H2,2-3H3. The molecule has 0 aliphatic carbocycles. The molecule has 0 aromatic rings. The first kappa shape index (κ1) is 13.4. The second-order valence-electron chi connectivity index (χ2n) is 3.47. The Labute approximate surface area is 90.1 Å². The van der Waals surface area contributed by atoms with Gasteiger partial charge in [0.05, 0.1) is 0 Å². The highest BCUT2D eigenvalue weighted by Crippen LogP contribution is 2.15. The fraction of sp³-hybridized carbons (Fsp3) is 0.636. The summed E-state index contributed by atoms with van der Waals surface area (Å²) in [5.41, 5.74) is 0. The second-order valence-corrected chi connectivity index (χ2v) is 4.67. The highest BCUT2D eigenvalue weighted by Gasteiger charge is 2.05. The van der Waals surface area contributed by atoms with Crippen LogP contribution in [0.15, 0.2) is 12.7 Å². The molecule has 0 N–H and O–H groups in total. The Morgan fingerprint density at radius 1 is 1.50 bits per heavy atom. The van der Waals surface area contributed by atoms with Crippen LogP contribution in [0.1, 0.15) is 33.1 Å². The predicted molar refractivity (Wildman–Crippen MR) is 61.4 cm³/mol. The Hall–Kier alpha value is -0.570. The van der Waals surface area contributed by atoms with Crippen LogP contribution >= 0.6 is 11.8 Å². The van der Waals surface area contributed by atoms with E-state index in [0.717, 1.165) is 18.6 Å². The van der Waals surface area contributed by atoms with Crippen molar-refractivity contribution in [2.75, 3.05) is 5.75 Å².